The second kappa shape index (κ2) is 9.56. The van der Waals surface area contributed by atoms with E-state index in [4.69, 9.17) is 34.8 Å². The van der Waals surface area contributed by atoms with Gasteiger partial charge in [-0.2, -0.15) is 5.10 Å². The number of carbonyl (C=O) groups is 1. The fourth-order valence-electron chi connectivity index (χ4n) is 3.84. The molecule has 0 radical (unpaired) electrons. The van der Waals surface area contributed by atoms with Gasteiger partial charge in [-0.15, -0.1) is 0 Å². The predicted octanol–water partition coefficient (Wildman–Crippen LogP) is 6.46. The van der Waals surface area contributed by atoms with E-state index in [1.165, 1.54) is 10.9 Å². The number of rotatable bonds is 6. The van der Waals surface area contributed by atoms with E-state index in [-0.39, 0.29) is 22.5 Å². The first-order chi connectivity index (χ1) is 17.1. The highest BCUT2D eigenvalue weighted by molar-refractivity contribution is 7.90. The molecular formula is C26H20Cl3N3O3S. The molecule has 10 heteroatoms. The Bertz CT molecular complexity index is 1590. The van der Waals surface area contributed by atoms with Crippen LogP contribution in [-0.2, 0) is 9.84 Å². The van der Waals surface area contributed by atoms with Gasteiger partial charge in [0.25, 0.3) is 5.91 Å². The van der Waals surface area contributed by atoms with Crippen molar-refractivity contribution in [1.29, 1.82) is 0 Å². The second-order valence-corrected chi connectivity index (χ2v) is 11.9. The Hall–Kier alpha value is -2.84. The number of sulfone groups is 1. The second-order valence-electron chi connectivity index (χ2n) is 8.64. The van der Waals surface area contributed by atoms with E-state index in [1.54, 1.807) is 54.6 Å². The average molecular weight is 561 g/mol. The third kappa shape index (κ3) is 5.02. The van der Waals surface area contributed by atoms with Crippen LogP contribution >= 0.6 is 34.8 Å². The van der Waals surface area contributed by atoms with Gasteiger partial charge in [0.15, 0.2) is 15.5 Å². The Kier molecular flexibility index (Phi) is 6.59. The van der Waals surface area contributed by atoms with E-state index in [9.17, 15) is 13.2 Å². The van der Waals surface area contributed by atoms with Crippen LogP contribution in [-0.4, -0.2) is 36.4 Å². The van der Waals surface area contributed by atoms with Gasteiger partial charge in [0.1, 0.15) is 5.69 Å². The molecule has 0 unspecified atom stereocenters. The third-order valence-electron chi connectivity index (χ3n) is 5.84. The van der Waals surface area contributed by atoms with Crippen molar-refractivity contribution >= 4 is 50.5 Å². The molecule has 0 atom stereocenters. The van der Waals surface area contributed by atoms with Crippen LogP contribution < -0.4 is 5.32 Å². The Morgan fingerprint density at radius 1 is 0.917 bits per heavy atom. The highest BCUT2D eigenvalue weighted by Gasteiger charge is 2.27. The summed E-state index contributed by atoms with van der Waals surface area (Å²) in [6.45, 7) is 0. The minimum Gasteiger partial charge on any atom is -0.348 e. The zero-order chi connectivity index (χ0) is 25.6. The molecule has 1 amide bonds. The molecule has 0 saturated heterocycles. The molecular weight excluding hydrogens is 541 g/mol. The maximum absolute atomic E-state index is 12.8. The van der Waals surface area contributed by atoms with Crippen molar-refractivity contribution in [1.82, 2.24) is 15.1 Å². The average Bonchev–Trinajstić information content (AvgIpc) is 3.54. The van der Waals surface area contributed by atoms with Crippen LogP contribution in [0.25, 0.3) is 28.1 Å². The predicted molar refractivity (Wildman–Crippen MR) is 143 cm³/mol. The lowest BCUT2D eigenvalue weighted by Crippen LogP contribution is -2.25. The summed E-state index contributed by atoms with van der Waals surface area (Å²) in [4.78, 5) is 13.0. The lowest BCUT2D eigenvalue weighted by molar-refractivity contribution is 0.0945. The number of hydrogen-bond acceptors (Lipinski definition) is 4. The fourth-order valence-corrected chi connectivity index (χ4v) is 5.34. The topological polar surface area (TPSA) is 81.1 Å². The van der Waals surface area contributed by atoms with Crippen molar-refractivity contribution in [3.8, 4) is 28.1 Å². The number of nitrogens with one attached hydrogen (secondary N) is 1. The largest absolute Gasteiger partial charge is 0.348 e. The van der Waals surface area contributed by atoms with Gasteiger partial charge < -0.3 is 5.32 Å². The summed E-state index contributed by atoms with van der Waals surface area (Å²) in [6.07, 6.45) is 3.06. The van der Waals surface area contributed by atoms with Crippen LogP contribution in [0.15, 0.2) is 71.6 Å². The SMILES string of the molecule is CS(=O)(=O)c1cccc(-c2ccc(-c3cc(C(=O)NC4CC4)nn3-c3c(Cl)cccc3Cl)c(Cl)c2)c1. The number of halogens is 3. The number of aromatic nitrogens is 2. The number of carbonyl (C=O) groups excluding carboxylic acids is 1. The van der Waals surface area contributed by atoms with Gasteiger partial charge in [0.05, 0.1) is 25.7 Å². The van der Waals surface area contributed by atoms with Crippen molar-refractivity contribution in [3.05, 3.63) is 87.5 Å². The molecule has 0 aliphatic heterocycles. The van der Waals surface area contributed by atoms with Crippen LogP contribution in [0, 0.1) is 0 Å². The summed E-state index contributed by atoms with van der Waals surface area (Å²) < 4.78 is 25.5. The Morgan fingerprint density at radius 2 is 1.58 bits per heavy atom. The molecule has 3 aromatic carbocycles. The van der Waals surface area contributed by atoms with E-state index < -0.39 is 9.84 Å². The van der Waals surface area contributed by atoms with E-state index in [0.29, 0.717) is 37.6 Å². The van der Waals surface area contributed by atoms with Crippen molar-refractivity contribution in [2.75, 3.05) is 6.26 Å². The van der Waals surface area contributed by atoms with Gasteiger partial charge in [0, 0.05) is 17.9 Å². The maximum Gasteiger partial charge on any atom is 0.272 e. The molecule has 184 valence electrons. The number of para-hydroxylation sites is 1. The lowest BCUT2D eigenvalue weighted by atomic mass is 10.0. The summed E-state index contributed by atoms with van der Waals surface area (Å²) in [5.41, 5.74) is 3.23. The van der Waals surface area contributed by atoms with Gasteiger partial charge >= 0.3 is 0 Å². The van der Waals surface area contributed by atoms with Gasteiger partial charge in [-0.05, 0) is 60.4 Å². The number of amides is 1. The van der Waals surface area contributed by atoms with E-state index in [1.807, 2.05) is 12.1 Å². The normalized spacial score (nSPS) is 13.6. The molecule has 1 saturated carbocycles. The highest BCUT2D eigenvalue weighted by Crippen LogP contribution is 2.37. The monoisotopic (exact) mass is 559 g/mol. The lowest BCUT2D eigenvalue weighted by Gasteiger charge is -2.13. The maximum atomic E-state index is 12.8. The number of hydrogen-bond donors (Lipinski definition) is 1. The molecule has 1 fully saturated rings. The molecule has 1 heterocycles. The molecule has 36 heavy (non-hydrogen) atoms. The molecule has 4 aromatic rings. The summed E-state index contributed by atoms with van der Waals surface area (Å²) in [5.74, 6) is -0.286. The quantitative estimate of drug-likeness (QED) is 0.293. The summed E-state index contributed by atoms with van der Waals surface area (Å²) in [5, 5.41) is 8.59. The standard InChI is InChI=1S/C26H20Cl3N3O3S/c1-36(34,35)18-5-2-4-15(12-18)16-8-11-19(22(29)13-16)24-14-23(26(33)30-17-9-10-17)31-32(24)25-20(27)6-3-7-21(25)28/h2-8,11-14,17H,9-10H2,1H3,(H,30,33). The molecule has 6 nitrogen and oxygen atoms in total. The zero-order valence-corrected chi connectivity index (χ0v) is 22.1. The van der Waals surface area contributed by atoms with E-state index in [2.05, 4.69) is 10.4 Å². The molecule has 0 spiro atoms. The van der Waals surface area contributed by atoms with Crippen LogP contribution in [0.3, 0.4) is 0 Å². The van der Waals surface area contributed by atoms with Gasteiger partial charge in [0.2, 0.25) is 0 Å². The van der Waals surface area contributed by atoms with Crippen molar-refractivity contribution in [2.45, 2.75) is 23.8 Å². The van der Waals surface area contributed by atoms with Gasteiger partial charge in [-0.1, -0.05) is 65.1 Å². The van der Waals surface area contributed by atoms with Crippen molar-refractivity contribution in [2.24, 2.45) is 0 Å². The Balaban J connectivity index is 1.62. The summed E-state index contributed by atoms with van der Waals surface area (Å²) >= 11 is 19.7. The van der Waals surface area contributed by atoms with E-state index >= 15 is 0 Å². The Morgan fingerprint density at radius 3 is 2.22 bits per heavy atom. The summed E-state index contributed by atoms with van der Waals surface area (Å²) in [6, 6.07) is 19.0. The van der Waals surface area contributed by atoms with Gasteiger partial charge in [-0.3, -0.25) is 4.79 Å². The molecule has 0 bridgehead atoms. The molecule has 1 N–H and O–H groups in total. The molecule has 5 rings (SSSR count). The van der Waals surface area contributed by atoms with Crippen LogP contribution in [0.1, 0.15) is 23.3 Å². The van der Waals surface area contributed by atoms with Crippen molar-refractivity contribution < 1.29 is 13.2 Å². The van der Waals surface area contributed by atoms with Crippen LogP contribution in [0.2, 0.25) is 15.1 Å². The third-order valence-corrected chi connectivity index (χ3v) is 7.88. The van der Waals surface area contributed by atoms with E-state index in [0.717, 1.165) is 18.4 Å². The first-order valence-corrected chi connectivity index (χ1v) is 14.1. The van der Waals surface area contributed by atoms with Crippen LogP contribution in [0.4, 0.5) is 0 Å². The number of benzene rings is 3. The minimum absolute atomic E-state index is 0.167. The Labute approximate surface area is 223 Å². The zero-order valence-electron chi connectivity index (χ0n) is 19.0. The minimum atomic E-state index is -3.36. The van der Waals surface area contributed by atoms with Gasteiger partial charge in [-0.25, -0.2) is 13.1 Å². The highest BCUT2D eigenvalue weighted by atomic mass is 35.5. The first-order valence-electron chi connectivity index (χ1n) is 11.1. The first kappa shape index (κ1) is 24.8. The molecule has 1 aromatic heterocycles. The molecule has 1 aliphatic carbocycles. The summed E-state index contributed by atoms with van der Waals surface area (Å²) in [7, 11) is -3.36. The van der Waals surface area contributed by atoms with Crippen LogP contribution in [0.5, 0.6) is 0 Å². The fraction of sp³-hybridized carbons (Fsp3) is 0.154. The molecule has 1 aliphatic rings. The smallest absolute Gasteiger partial charge is 0.272 e. The number of nitrogens with zero attached hydrogens (tertiary/aromatic N) is 2. The van der Waals surface area contributed by atoms with Crippen molar-refractivity contribution in [3.63, 3.8) is 0 Å².